The zero-order valence-electron chi connectivity index (χ0n) is 29.3. The Kier molecular flexibility index (Phi) is 6.56. The van der Waals surface area contributed by atoms with Crippen LogP contribution < -0.4 is 9.47 Å². The predicted octanol–water partition coefficient (Wildman–Crippen LogP) is 9.97. The molecule has 14 rings (SSSR count). The first-order valence-corrected chi connectivity index (χ1v) is 20.4. The molecule has 0 radical (unpaired) electrons. The third kappa shape index (κ3) is 4.87. The molecule has 0 saturated heterocycles. The summed E-state index contributed by atoms with van der Waals surface area (Å²) in [6.45, 7) is 0. The van der Waals surface area contributed by atoms with Crippen molar-refractivity contribution in [2.24, 2.45) is 64.6 Å². The van der Waals surface area contributed by atoms with Gasteiger partial charge in [0.2, 0.25) is 0 Å². The van der Waals surface area contributed by atoms with Gasteiger partial charge in [-0.2, -0.15) is 0 Å². The lowest BCUT2D eigenvalue weighted by Gasteiger charge is -2.58. The normalized spacial score (nSPS) is 45.4. The standard InChI is InChI=1S/C45H54O4/c46-41(48-38-5-1-36(2-6-38)43-18-27-9-28(19-43)11-29(10-27)20-43)40(45-24-33-15-34(25-45)17-35(16-33)26-45)42(47)49-39-7-3-37(4-8-39)44-21-30-12-31(22-44)14-32(13-30)23-44/h1-8,27-35,40H,9-26H2. The molecule has 2 aromatic carbocycles. The summed E-state index contributed by atoms with van der Waals surface area (Å²) in [6.07, 6.45) is 23.1. The molecule has 0 atom stereocenters. The van der Waals surface area contributed by atoms with Gasteiger partial charge in [0.05, 0.1) is 0 Å². The van der Waals surface area contributed by atoms with Crippen LogP contribution in [0, 0.1) is 64.6 Å². The van der Waals surface area contributed by atoms with Crippen molar-refractivity contribution in [3.05, 3.63) is 59.7 Å². The molecule has 0 spiro atoms. The molecular weight excluding hydrogens is 604 g/mol. The highest BCUT2D eigenvalue weighted by atomic mass is 16.6. The third-order valence-corrected chi connectivity index (χ3v) is 16.6. The fraction of sp³-hybridized carbons (Fsp3) is 0.689. The number of esters is 2. The first-order chi connectivity index (χ1) is 23.8. The Hall–Kier alpha value is -2.62. The van der Waals surface area contributed by atoms with Crippen molar-refractivity contribution in [1.82, 2.24) is 0 Å². The van der Waals surface area contributed by atoms with E-state index in [0.29, 0.717) is 40.1 Å². The number of hydrogen-bond donors (Lipinski definition) is 0. The van der Waals surface area contributed by atoms with Gasteiger partial charge in [0.1, 0.15) is 11.5 Å². The summed E-state index contributed by atoms with van der Waals surface area (Å²) < 4.78 is 12.4. The lowest BCUT2D eigenvalue weighted by atomic mass is 9.46. The maximum atomic E-state index is 14.4. The molecule has 12 aliphatic rings. The van der Waals surface area contributed by atoms with Crippen molar-refractivity contribution in [3.8, 4) is 11.5 Å². The van der Waals surface area contributed by atoms with Gasteiger partial charge in [0, 0.05) is 0 Å². The summed E-state index contributed by atoms with van der Waals surface area (Å²) in [5.41, 5.74) is 3.14. The number of benzene rings is 2. The zero-order chi connectivity index (χ0) is 32.5. The summed E-state index contributed by atoms with van der Waals surface area (Å²) in [7, 11) is 0. The van der Waals surface area contributed by atoms with Crippen LogP contribution >= 0.6 is 0 Å². The Morgan fingerprint density at radius 2 is 0.694 bits per heavy atom. The topological polar surface area (TPSA) is 52.6 Å². The van der Waals surface area contributed by atoms with Crippen LogP contribution in [0.3, 0.4) is 0 Å². The van der Waals surface area contributed by atoms with E-state index in [1.165, 1.54) is 107 Å². The summed E-state index contributed by atoms with van der Waals surface area (Å²) in [6, 6.07) is 17.0. The van der Waals surface area contributed by atoms with Crippen molar-refractivity contribution in [2.75, 3.05) is 0 Å². The quantitative estimate of drug-likeness (QED) is 0.169. The molecule has 0 N–H and O–H groups in total. The molecule has 4 heteroatoms. The molecule has 49 heavy (non-hydrogen) atoms. The largest absolute Gasteiger partial charge is 0.426 e. The molecular formula is C45H54O4. The van der Waals surface area contributed by atoms with Crippen LogP contribution in [0.4, 0.5) is 0 Å². The van der Waals surface area contributed by atoms with Gasteiger partial charge in [-0.15, -0.1) is 0 Å². The third-order valence-electron chi connectivity index (χ3n) is 16.6. The minimum absolute atomic E-state index is 0.314. The summed E-state index contributed by atoms with van der Waals surface area (Å²) in [5.74, 6) is 6.66. The minimum atomic E-state index is -0.883. The molecule has 12 aliphatic carbocycles. The van der Waals surface area contributed by atoms with E-state index < -0.39 is 17.9 Å². The monoisotopic (exact) mass is 658 g/mol. The SMILES string of the molecule is O=C(Oc1ccc(C23CC4CC(CC(C4)C2)C3)cc1)C(C(=O)Oc1ccc(C23CC4CC(CC(C4)C2)C3)cc1)C12CC3CC(CC(C3)C1)C2. The molecule has 12 saturated carbocycles. The maximum Gasteiger partial charge on any atom is 0.326 e. The van der Waals surface area contributed by atoms with Crippen LogP contribution in [0.2, 0.25) is 0 Å². The molecule has 0 amide bonds. The van der Waals surface area contributed by atoms with Crippen LogP contribution in [0.1, 0.15) is 127 Å². The van der Waals surface area contributed by atoms with Crippen LogP contribution in [-0.2, 0) is 20.4 Å². The number of carbonyl (C=O) groups excluding carboxylic acids is 2. The van der Waals surface area contributed by atoms with E-state index in [-0.39, 0.29) is 5.41 Å². The number of ether oxygens (including phenoxy) is 2. The Labute approximate surface area is 292 Å². The Morgan fingerprint density at radius 3 is 0.980 bits per heavy atom. The lowest BCUT2D eigenvalue weighted by Crippen LogP contribution is -2.55. The minimum Gasteiger partial charge on any atom is -0.426 e. The number of hydrogen-bond acceptors (Lipinski definition) is 4. The van der Waals surface area contributed by atoms with E-state index >= 15 is 0 Å². The second kappa shape index (κ2) is 10.7. The summed E-state index contributed by atoms with van der Waals surface area (Å²) >= 11 is 0. The van der Waals surface area contributed by atoms with E-state index in [4.69, 9.17) is 9.47 Å². The molecule has 4 nitrogen and oxygen atoms in total. The van der Waals surface area contributed by atoms with Crippen LogP contribution in [0.25, 0.3) is 0 Å². The van der Waals surface area contributed by atoms with E-state index in [2.05, 4.69) is 24.3 Å². The molecule has 12 fully saturated rings. The van der Waals surface area contributed by atoms with Crippen molar-refractivity contribution in [2.45, 2.75) is 126 Å². The van der Waals surface area contributed by atoms with Gasteiger partial charge in [-0.05, 0) is 220 Å². The number of rotatable bonds is 7. The first kappa shape index (κ1) is 30.0. The average molecular weight is 659 g/mol. The van der Waals surface area contributed by atoms with Gasteiger partial charge in [-0.25, -0.2) is 0 Å². The van der Waals surface area contributed by atoms with Crippen molar-refractivity contribution in [1.29, 1.82) is 0 Å². The van der Waals surface area contributed by atoms with Gasteiger partial charge in [-0.1, -0.05) is 24.3 Å². The highest BCUT2D eigenvalue weighted by Crippen LogP contribution is 2.64. The van der Waals surface area contributed by atoms with Crippen LogP contribution in [0.5, 0.6) is 11.5 Å². The van der Waals surface area contributed by atoms with E-state index in [9.17, 15) is 9.59 Å². The second-order valence-corrected chi connectivity index (χ2v) is 20.0. The Bertz CT molecular complexity index is 1440. The van der Waals surface area contributed by atoms with Crippen molar-refractivity contribution >= 4 is 11.9 Å². The molecule has 0 aliphatic heterocycles. The van der Waals surface area contributed by atoms with Crippen molar-refractivity contribution in [3.63, 3.8) is 0 Å². The van der Waals surface area contributed by atoms with Gasteiger partial charge < -0.3 is 9.47 Å². The smallest absolute Gasteiger partial charge is 0.326 e. The predicted molar refractivity (Wildman–Crippen MR) is 188 cm³/mol. The highest BCUT2D eigenvalue weighted by Gasteiger charge is 2.60. The fourth-order valence-corrected chi connectivity index (χ4v) is 16.2. The molecule has 12 bridgehead atoms. The van der Waals surface area contributed by atoms with E-state index in [0.717, 1.165) is 54.8 Å². The van der Waals surface area contributed by atoms with Gasteiger partial charge in [0.15, 0.2) is 5.92 Å². The molecule has 0 aromatic heterocycles. The molecule has 0 heterocycles. The van der Waals surface area contributed by atoms with Gasteiger partial charge >= 0.3 is 11.9 Å². The average Bonchev–Trinajstić information content (AvgIpc) is 3.03. The maximum absolute atomic E-state index is 14.4. The molecule has 258 valence electrons. The number of carbonyl (C=O) groups is 2. The van der Waals surface area contributed by atoms with Crippen molar-refractivity contribution < 1.29 is 19.1 Å². The Morgan fingerprint density at radius 1 is 0.429 bits per heavy atom. The zero-order valence-corrected chi connectivity index (χ0v) is 29.3. The van der Waals surface area contributed by atoms with Crippen LogP contribution in [-0.4, -0.2) is 11.9 Å². The summed E-state index contributed by atoms with van der Waals surface area (Å²) in [4.78, 5) is 28.7. The molecule has 2 aromatic rings. The van der Waals surface area contributed by atoms with E-state index in [1.54, 1.807) is 0 Å². The Balaban J connectivity index is 0.845. The summed E-state index contributed by atoms with van der Waals surface area (Å²) in [5, 5.41) is 0. The first-order valence-electron chi connectivity index (χ1n) is 20.4. The van der Waals surface area contributed by atoms with Crippen LogP contribution in [0.15, 0.2) is 48.5 Å². The van der Waals surface area contributed by atoms with E-state index in [1.807, 2.05) is 24.3 Å². The lowest BCUT2D eigenvalue weighted by molar-refractivity contribution is -0.169. The highest BCUT2D eigenvalue weighted by molar-refractivity contribution is 5.97. The fourth-order valence-electron chi connectivity index (χ4n) is 16.2. The molecule has 0 unspecified atom stereocenters. The van der Waals surface area contributed by atoms with Gasteiger partial charge in [-0.3, -0.25) is 9.59 Å². The van der Waals surface area contributed by atoms with Gasteiger partial charge in [0.25, 0.3) is 0 Å². The second-order valence-electron chi connectivity index (χ2n) is 20.0.